The van der Waals surface area contributed by atoms with Crippen molar-refractivity contribution in [3.05, 3.63) is 64.9 Å². The number of rotatable bonds is 4. The molecule has 3 N–H and O–H groups in total. The van der Waals surface area contributed by atoms with E-state index < -0.39 is 23.3 Å². The van der Waals surface area contributed by atoms with Crippen LogP contribution in [0.25, 0.3) is 16.9 Å². The van der Waals surface area contributed by atoms with Crippen molar-refractivity contribution in [3.8, 4) is 16.9 Å². The summed E-state index contributed by atoms with van der Waals surface area (Å²) >= 11 is 0.984. The Hall–Kier alpha value is -3.13. The smallest absolute Gasteiger partial charge is 0.295 e. The summed E-state index contributed by atoms with van der Waals surface area (Å²) in [6.07, 6.45) is 1.14. The van der Waals surface area contributed by atoms with Gasteiger partial charge in [-0.25, -0.2) is 8.78 Å². The summed E-state index contributed by atoms with van der Waals surface area (Å²) < 4.78 is 33.1. The van der Waals surface area contributed by atoms with E-state index in [-0.39, 0.29) is 38.8 Å². The number of hydrogen-bond acceptors (Lipinski definition) is 5. The number of thiophene rings is 1. The highest BCUT2D eigenvalue weighted by Crippen LogP contribution is 2.40. The number of benzene rings is 1. The molecule has 0 saturated heterocycles. The van der Waals surface area contributed by atoms with Crippen LogP contribution in [0.4, 0.5) is 13.8 Å². The van der Waals surface area contributed by atoms with Gasteiger partial charge in [-0.3, -0.25) is 4.79 Å². The molecular formula is C18H13F2NO4S. The molecule has 0 atom stereocenters. The fourth-order valence-electron chi connectivity index (χ4n) is 2.42. The van der Waals surface area contributed by atoms with E-state index in [9.17, 15) is 23.8 Å². The first-order valence-corrected chi connectivity index (χ1v) is 8.21. The summed E-state index contributed by atoms with van der Waals surface area (Å²) in [4.78, 5) is 12.2. The van der Waals surface area contributed by atoms with Crippen LogP contribution in [0.2, 0.25) is 0 Å². The molecule has 1 amide bonds. The maximum atomic E-state index is 14.3. The summed E-state index contributed by atoms with van der Waals surface area (Å²) in [5.74, 6) is -3.92. The van der Waals surface area contributed by atoms with Gasteiger partial charge in [0.25, 0.3) is 5.91 Å². The van der Waals surface area contributed by atoms with Crippen LogP contribution in [0, 0.1) is 18.6 Å². The van der Waals surface area contributed by atoms with Crippen molar-refractivity contribution in [3.63, 3.8) is 0 Å². The van der Waals surface area contributed by atoms with Crippen LogP contribution in [0.3, 0.4) is 0 Å². The molecule has 5 nitrogen and oxygen atoms in total. The predicted molar refractivity (Wildman–Crippen MR) is 94.4 cm³/mol. The van der Waals surface area contributed by atoms with E-state index in [2.05, 4.69) is 11.9 Å². The van der Waals surface area contributed by atoms with Gasteiger partial charge in [0.1, 0.15) is 10.8 Å². The van der Waals surface area contributed by atoms with Crippen LogP contribution in [-0.4, -0.2) is 16.1 Å². The number of aryl methyl sites for hydroxylation is 1. The molecule has 0 saturated carbocycles. The molecule has 8 heteroatoms. The number of aromatic hydroxyl groups is 1. The Bertz CT molecular complexity index is 1020. The number of anilines is 1. The minimum atomic E-state index is -1.06. The molecule has 2 aromatic heterocycles. The Morgan fingerprint density at radius 2 is 1.96 bits per heavy atom. The Morgan fingerprint density at radius 1 is 1.23 bits per heavy atom. The fourth-order valence-corrected chi connectivity index (χ4v) is 3.40. The molecule has 0 fully saturated rings. The van der Waals surface area contributed by atoms with Crippen molar-refractivity contribution >= 4 is 28.0 Å². The van der Waals surface area contributed by atoms with E-state index in [4.69, 9.17) is 4.42 Å². The Morgan fingerprint density at radius 3 is 2.58 bits per heavy atom. The first kappa shape index (κ1) is 17.7. The lowest BCUT2D eigenvalue weighted by atomic mass is 10.0. The van der Waals surface area contributed by atoms with E-state index in [0.29, 0.717) is 0 Å². The molecular weight excluding hydrogens is 364 g/mol. The highest BCUT2D eigenvalue weighted by molar-refractivity contribution is 7.15. The minimum absolute atomic E-state index is 0.0524. The lowest BCUT2D eigenvalue weighted by Crippen LogP contribution is -2.11. The highest BCUT2D eigenvalue weighted by Gasteiger charge is 2.23. The third-order valence-corrected chi connectivity index (χ3v) is 4.62. The molecule has 1 aromatic carbocycles. The Balaban J connectivity index is 2.05. The quantitative estimate of drug-likeness (QED) is 0.554. The normalized spacial score (nSPS) is 10.7. The molecule has 0 aliphatic rings. The maximum Gasteiger partial charge on any atom is 0.295 e. The Labute approximate surface area is 150 Å². The fraction of sp³-hybridized carbons (Fsp3) is 0.0556. The zero-order valence-corrected chi connectivity index (χ0v) is 14.3. The second-order valence-corrected chi connectivity index (χ2v) is 6.33. The number of halogens is 2. The van der Waals surface area contributed by atoms with Crippen molar-refractivity contribution in [1.29, 1.82) is 0 Å². The van der Waals surface area contributed by atoms with Gasteiger partial charge in [-0.2, -0.15) is 0 Å². The molecule has 0 spiro atoms. The molecule has 0 aliphatic heterocycles. The lowest BCUT2D eigenvalue weighted by molar-refractivity contribution is 0.0993. The topological polar surface area (TPSA) is 82.7 Å². The number of aliphatic hydroxyl groups is 1. The van der Waals surface area contributed by atoms with Gasteiger partial charge in [0, 0.05) is 22.6 Å². The molecule has 0 aliphatic carbocycles. The van der Waals surface area contributed by atoms with Crippen molar-refractivity contribution in [2.45, 2.75) is 6.92 Å². The first-order valence-electron chi connectivity index (χ1n) is 7.33. The molecule has 26 heavy (non-hydrogen) atoms. The lowest BCUT2D eigenvalue weighted by Gasteiger charge is -2.09. The van der Waals surface area contributed by atoms with Crippen LogP contribution >= 0.6 is 11.3 Å². The monoisotopic (exact) mass is 377 g/mol. The van der Waals surface area contributed by atoms with Crippen LogP contribution in [0.15, 0.2) is 40.8 Å². The van der Waals surface area contributed by atoms with E-state index in [1.165, 1.54) is 30.5 Å². The van der Waals surface area contributed by atoms with Crippen molar-refractivity contribution in [2.75, 3.05) is 5.32 Å². The van der Waals surface area contributed by atoms with E-state index in [0.717, 1.165) is 17.6 Å². The van der Waals surface area contributed by atoms with Gasteiger partial charge in [-0.15, -0.1) is 11.3 Å². The second kappa shape index (κ2) is 6.64. The van der Waals surface area contributed by atoms with Gasteiger partial charge in [0.15, 0.2) is 17.4 Å². The molecule has 134 valence electrons. The standard InChI is InChI=1S/C18H13F2NO4S/c1-8-3-4-10(15(20)14(8)19)11-7-26-18(13(11)9(2)22)21-17(24)16-12(23)5-6-25-16/h3-7,22-23H,2H2,1H3,(H,21,24). The maximum absolute atomic E-state index is 14.3. The van der Waals surface area contributed by atoms with Gasteiger partial charge in [0.2, 0.25) is 5.76 Å². The van der Waals surface area contributed by atoms with Gasteiger partial charge >= 0.3 is 0 Å². The number of aliphatic hydroxyl groups excluding tert-OH is 1. The molecule has 2 heterocycles. The Kier molecular flexibility index (Phi) is 4.52. The first-order chi connectivity index (χ1) is 12.3. The SMILES string of the molecule is C=C(O)c1c(-c2ccc(C)c(F)c2F)csc1NC(=O)c1occc1O. The number of amides is 1. The van der Waals surface area contributed by atoms with Gasteiger partial charge < -0.3 is 19.9 Å². The van der Waals surface area contributed by atoms with Crippen molar-refractivity contribution in [2.24, 2.45) is 0 Å². The average molecular weight is 377 g/mol. The summed E-state index contributed by atoms with van der Waals surface area (Å²) in [5, 5.41) is 23.5. The number of carbonyl (C=O) groups is 1. The third-order valence-electron chi connectivity index (χ3n) is 3.72. The van der Waals surface area contributed by atoms with Gasteiger partial charge in [-0.1, -0.05) is 18.7 Å². The number of carbonyl (C=O) groups excluding carboxylic acids is 1. The minimum Gasteiger partial charge on any atom is -0.508 e. The summed E-state index contributed by atoms with van der Waals surface area (Å²) in [6, 6.07) is 3.99. The van der Waals surface area contributed by atoms with Crippen LogP contribution in [0.5, 0.6) is 5.75 Å². The molecule has 0 unspecified atom stereocenters. The van der Waals surface area contributed by atoms with Crippen molar-refractivity contribution < 1.29 is 28.2 Å². The second-order valence-electron chi connectivity index (χ2n) is 5.45. The van der Waals surface area contributed by atoms with E-state index in [1.54, 1.807) is 0 Å². The summed E-state index contributed by atoms with van der Waals surface area (Å²) in [5.41, 5.74) is 0.304. The van der Waals surface area contributed by atoms with Gasteiger partial charge in [0.05, 0.1) is 11.8 Å². The zero-order valence-electron chi connectivity index (χ0n) is 13.5. The average Bonchev–Trinajstić information content (AvgIpc) is 3.19. The van der Waals surface area contributed by atoms with E-state index >= 15 is 0 Å². The van der Waals surface area contributed by atoms with Crippen LogP contribution in [0.1, 0.15) is 21.7 Å². The number of nitrogens with one attached hydrogen (secondary N) is 1. The summed E-state index contributed by atoms with van der Waals surface area (Å²) in [6.45, 7) is 4.86. The van der Waals surface area contributed by atoms with Crippen LogP contribution < -0.4 is 5.32 Å². The molecule has 3 rings (SSSR count). The molecule has 0 bridgehead atoms. The van der Waals surface area contributed by atoms with E-state index in [1.807, 2.05) is 0 Å². The summed E-state index contributed by atoms with van der Waals surface area (Å²) in [7, 11) is 0. The van der Waals surface area contributed by atoms with Crippen molar-refractivity contribution in [1.82, 2.24) is 0 Å². The molecule has 3 aromatic rings. The third kappa shape index (κ3) is 2.95. The largest absolute Gasteiger partial charge is 0.508 e. The number of hydrogen-bond donors (Lipinski definition) is 3. The zero-order chi connectivity index (χ0) is 19.0. The highest BCUT2D eigenvalue weighted by atomic mass is 32.1. The van der Waals surface area contributed by atoms with Gasteiger partial charge in [-0.05, 0) is 12.5 Å². The molecule has 0 radical (unpaired) electrons. The number of furan rings is 1. The predicted octanol–water partition coefficient (Wildman–Crippen LogP) is 5.08. The van der Waals surface area contributed by atoms with Crippen LogP contribution in [-0.2, 0) is 0 Å².